The Balaban J connectivity index is 1.65. The summed E-state index contributed by atoms with van der Waals surface area (Å²) >= 11 is 0. The second-order valence-electron chi connectivity index (χ2n) is 20.8. The lowest BCUT2D eigenvalue weighted by Gasteiger charge is -2.50. The molecule has 3 aromatic rings. The Kier molecular flexibility index (Phi) is 14.1. The predicted octanol–water partition coefficient (Wildman–Crippen LogP) is 3.38. The van der Waals surface area contributed by atoms with Gasteiger partial charge in [0.2, 0.25) is 53.5 Å². The van der Waals surface area contributed by atoms with E-state index in [4.69, 9.17) is 39.9 Å². The SMILES string of the molecule is CCN(C)c1nc(N(C)C)nc(N(CN(C)c2nc(N(C)C)nc(N(CN(C)c3nc(N(C)C)nc(N(C)C)n3)C3CC(C)(C)NC(C)(C)C3)n2)C2CC(C)(C)NC(C)(C)C2)n1. The van der Waals surface area contributed by atoms with Gasteiger partial charge < -0.3 is 54.7 Å². The van der Waals surface area contributed by atoms with Crippen molar-refractivity contribution in [2.45, 2.75) is 122 Å². The average Bonchev–Trinajstić information content (AvgIpc) is 3.15. The van der Waals surface area contributed by atoms with E-state index in [1.807, 2.05) is 102 Å². The van der Waals surface area contributed by atoms with E-state index in [-0.39, 0.29) is 34.2 Å². The van der Waals surface area contributed by atoms with Crippen molar-refractivity contribution in [2.24, 2.45) is 0 Å². The summed E-state index contributed by atoms with van der Waals surface area (Å²) in [7, 11) is 21.7. The van der Waals surface area contributed by atoms with E-state index in [1.54, 1.807) is 0 Å². The molecule has 2 aliphatic heterocycles. The fraction of sp³-hybridized carbons (Fsp3) is 0.786. The molecule has 2 aliphatic rings. The van der Waals surface area contributed by atoms with Crippen molar-refractivity contribution in [3.63, 3.8) is 0 Å². The van der Waals surface area contributed by atoms with Crippen molar-refractivity contribution in [3.8, 4) is 0 Å². The van der Waals surface area contributed by atoms with Crippen molar-refractivity contribution >= 4 is 53.5 Å². The van der Waals surface area contributed by atoms with Gasteiger partial charge in [-0.05, 0) is 88.0 Å². The van der Waals surface area contributed by atoms with Crippen molar-refractivity contribution in [3.05, 3.63) is 0 Å². The molecule has 2 N–H and O–H groups in total. The van der Waals surface area contributed by atoms with E-state index in [2.05, 4.69) is 97.5 Å². The van der Waals surface area contributed by atoms with E-state index in [1.165, 1.54) is 0 Å². The van der Waals surface area contributed by atoms with Gasteiger partial charge in [0.25, 0.3) is 0 Å². The zero-order valence-corrected chi connectivity index (χ0v) is 41.7. The van der Waals surface area contributed by atoms with Gasteiger partial charge in [-0.15, -0.1) is 0 Å². The molecule has 20 heteroatoms. The largest absolute Gasteiger partial charge is 0.347 e. The second-order valence-corrected chi connectivity index (χ2v) is 20.8. The van der Waals surface area contributed by atoms with Crippen molar-refractivity contribution in [1.29, 1.82) is 0 Å². The Morgan fingerprint density at radius 1 is 0.371 bits per heavy atom. The molecule has 346 valence electrons. The number of hydrogen-bond donors (Lipinski definition) is 2. The predicted molar refractivity (Wildman–Crippen MR) is 256 cm³/mol. The molecular formula is C42H78N20. The first kappa shape index (κ1) is 48.2. The molecule has 0 unspecified atom stereocenters. The highest BCUT2D eigenvalue weighted by molar-refractivity contribution is 5.52. The molecular weight excluding hydrogens is 785 g/mol. The van der Waals surface area contributed by atoms with Crippen LogP contribution in [-0.2, 0) is 0 Å². The highest BCUT2D eigenvalue weighted by atomic mass is 15.5. The van der Waals surface area contributed by atoms with Crippen LogP contribution in [0.1, 0.15) is 88.0 Å². The van der Waals surface area contributed by atoms with E-state index in [0.717, 1.165) is 32.2 Å². The van der Waals surface area contributed by atoms with Gasteiger partial charge in [-0.25, -0.2) is 0 Å². The zero-order valence-electron chi connectivity index (χ0n) is 41.7. The van der Waals surface area contributed by atoms with Crippen LogP contribution in [0.25, 0.3) is 0 Å². The van der Waals surface area contributed by atoms with Gasteiger partial charge >= 0.3 is 0 Å². The molecule has 0 atom stereocenters. The van der Waals surface area contributed by atoms with Crippen LogP contribution < -0.4 is 54.7 Å². The fourth-order valence-electron chi connectivity index (χ4n) is 8.99. The summed E-state index contributed by atoms with van der Waals surface area (Å²) in [5, 5.41) is 7.74. The maximum Gasteiger partial charge on any atom is 0.233 e. The summed E-state index contributed by atoms with van der Waals surface area (Å²) in [5.74, 6) is 5.21. The molecule has 0 saturated carbocycles. The first-order valence-corrected chi connectivity index (χ1v) is 21.8. The van der Waals surface area contributed by atoms with E-state index in [0.29, 0.717) is 66.9 Å². The molecule has 0 radical (unpaired) electrons. The summed E-state index contributed by atoms with van der Waals surface area (Å²) in [6, 6.07) is 0.140. The Labute approximate surface area is 371 Å². The minimum Gasteiger partial charge on any atom is -0.347 e. The van der Waals surface area contributed by atoms with Crippen LogP contribution in [0.2, 0.25) is 0 Å². The van der Waals surface area contributed by atoms with Gasteiger partial charge in [0.15, 0.2) is 0 Å². The van der Waals surface area contributed by atoms with Gasteiger partial charge in [-0.2, -0.15) is 44.9 Å². The van der Waals surface area contributed by atoms with Gasteiger partial charge in [0, 0.05) is 118 Å². The molecule has 5 heterocycles. The van der Waals surface area contributed by atoms with Crippen molar-refractivity contribution in [2.75, 3.05) is 142 Å². The smallest absolute Gasteiger partial charge is 0.233 e. The van der Waals surface area contributed by atoms with E-state index >= 15 is 0 Å². The van der Waals surface area contributed by atoms with Gasteiger partial charge in [-0.3, -0.25) is 0 Å². The maximum atomic E-state index is 5.36. The highest BCUT2D eigenvalue weighted by Crippen LogP contribution is 2.36. The Morgan fingerprint density at radius 2 is 0.597 bits per heavy atom. The fourth-order valence-corrected chi connectivity index (χ4v) is 8.99. The molecule has 62 heavy (non-hydrogen) atoms. The summed E-state index contributed by atoms with van der Waals surface area (Å²) in [6.07, 6.45) is 3.47. The lowest BCUT2D eigenvalue weighted by Crippen LogP contribution is -2.63. The van der Waals surface area contributed by atoms with Crippen molar-refractivity contribution in [1.82, 2.24) is 55.5 Å². The number of rotatable bonds is 16. The third-order valence-corrected chi connectivity index (χ3v) is 11.4. The summed E-state index contributed by atoms with van der Waals surface area (Å²) in [5.41, 5.74) is -0.573. The van der Waals surface area contributed by atoms with Gasteiger partial charge in [0.05, 0.1) is 13.3 Å². The number of nitrogens with zero attached hydrogens (tertiary/aromatic N) is 18. The molecule has 5 rings (SSSR count). The molecule has 0 spiro atoms. The van der Waals surface area contributed by atoms with Crippen LogP contribution in [0.5, 0.6) is 0 Å². The Hall–Kier alpha value is -4.85. The minimum absolute atomic E-state index is 0.0575. The Bertz CT molecular complexity index is 1920. The van der Waals surface area contributed by atoms with Gasteiger partial charge in [0.1, 0.15) is 0 Å². The monoisotopic (exact) mass is 863 g/mol. The number of hydrogen-bond acceptors (Lipinski definition) is 20. The third-order valence-electron chi connectivity index (χ3n) is 11.4. The highest BCUT2D eigenvalue weighted by Gasteiger charge is 2.43. The number of anilines is 9. The van der Waals surface area contributed by atoms with Crippen LogP contribution in [-0.4, -0.2) is 177 Å². The maximum absolute atomic E-state index is 5.36. The minimum atomic E-state index is -0.152. The lowest BCUT2D eigenvalue weighted by molar-refractivity contribution is 0.157. The molecule has 2 saturated heterocycles. The van der Waals surface area contributed by atoms with Crippen LogP contribution in [0.3, 0.4) is 0 Å². The molecule has 3 aromatic heterocycles. The number of aromatic nitrogens is 9. The lowest BCUT2D eigenvalue weighted by atomic mass is 9.79. The first-order valence-electron chi connectivity index (χ1n) is 21.8. The van der Waals surface area contributed by atoms with Crippen LogP contribution in [0.15, 0.2) is 0 Å². The topological polar surface area (TPSA) is 169 Å². The van der Waals surface area contributed by atoms with Crippen LogP contribution in [0.4, 0.5) is 53.5 Å². The van der Waals surface area contributed by atoms with E-state index < -0.39 is 0 Å². The Morgan fingerprint density at radius 3 is 0.855 bits per heavy atom. The second kappa shape index (κ2) is 18.1. The summed E-state index contributed by atoms with van der Waals surface area (Å²) in [4.78, 5) is 63.6. The zero-order chi connectivity index (χ0) is 46.3. The summed E-state index contributed by atoms with van der Waals surface area (Å²) in [6.45, 7) is 21.8. The average molecular weight is 863 g/mol. The van der Waals surface area contributed by atoms with E-state index in [9.17, 15) is 0 Å². The molecule has 2 fully saturated rings. The van der Waals surface area contributed by atoms with Gasteiger partial charge in [-0.1, -0.05) is 0 Å². The molecule has 0 aliphatic carbocycles. The number of nitrogens with one attached hydrogen (secondary N) is 2. The first-order chi connectivity index (χ1) is 28.6. The molecule has 20 nitrogen and oxygen atoms in total. The van der Waals surface area contributed by atoms with Crippen LogP contribution in [0, 0.1) is 0 Å². The standard InChI is InChI=1S/C42H78N20/c1-21-58(18)34-44-32(56(14)15)48-37(50-34)61(28-22-39(2,3)52-40(4,5)23-28)27-60(20)36-47-33(57(16)17)49-38(51-36)62(29-24-41(6,7)53-42(8,9)25-29)26-59(19)35-45-30(54(10)11)43-31(46-35)55(12)13/h28-29,52-53H,21-27H2,1-20H3. The number of piperidine rings is 2. The molecule has 0 aromatic carbocycles. The quantitative estimate of drug-likeness (QED) is 0.201. The van der Waals surface area contributed by atoms with Crippen LogP contribution >= 0.6 is 0 Å². The van der Waals surface area contributed by atoms with Crippen molar-refractivity contribution < 1.29 is 0 Å². The molecule has 0 bridgehead atoms. The third kappa shape index (κ3) is 11.8. The summed E-state index contributed by atoms with van der Waals surface area (Å²) < 4.78 is 0. The molecule has 0 amide bonds. The normalized spacial score (nSPS) is 18.2.